The Labute approximate surface area is 226 Å². The lowest BCUT2D eigenvalue weighted by atomic mass is 9.95. The Morgan fingerprint density at radius 2 is 1.89 bits per heavy atom. The minimum atomic E-state index is -1.77. The number of ether oxygens (including phenoxy) is 1. The quantitative estimate of drug-likeness (QED) is 0.222. The van der Waals surface area contributed by atoms with Crippen LogP contribution in [0.1, 0.15) is 12.5 Å². The summed E-state index contributed by atoms with van der Waals surface area (Å²) in [6.07, 6.45) is 3.54. The molecule has 3 unspecified atom stereocenters. The lowest BCUT2D eigenvalue weighted by molar-refractivity contribution is -0.164. The molecule has 7 nitrogen and oxygen atoms in total. The predicted molar refractivity (Wildman–Crippen MR) is 139 cm³/mol. The fraction of sp³-hybridized carbons (Fsp3) is 0.391. The average molecular weight is 575 g/mol. The van der Waals surface area contributed by atoms with Crippen molar-refractivity contribution in [3.8, 4) is 0 Å². The molecule has 4 rings (SSSR count). The SMILES string of the molecule is CC1(CSc2ccncc2)S[C@@H]2C(NC(=O)Cc3ccccc3)C(=O)N2C1C(=O)OCC(Cl)(Cl)Cl. The molecule has 1 aromatic heterocycles. The van der Waals surface area contributed by atoms with Crippen molar-refractivity contribution in [2.45, 2.75) is 44.2 Å². The zero-order valence-corrected chi connectivity index (χ0v) is 22.4. The van der Waals surface area contributed by atoms with E-state index in [1.807, 2.05) is 49.4 Å². The first-order chi connectivity index (χ1) is 16.6. The Morgan fingerprint density at radius 3 is 2.54 bits per heavy atom. The van der Waals surface area contributed by atoms with Gasteiger partial charge in [0, 0.05) is 23.0 Å². The van der Waals surface area contributed by atoms with Gasteiger partial charge in [0.25, 0.3) is 0 Å². The van der Waals surface area contributed by atoms with Crippen LogP contribution in [0.15, 0.2) is 59.8 Å². The van der Waals surface area contributed by atoms with E-state index in [4.69, 9.17) is 39.5 Å². The van der Waals surface area contributed by atoms with Crippen molar-refractivity contribution in [2.75, 3.05) is 12.4 Å². The number of esters is 1. The van der Waals surface area contributed by atoms with E-state index in [0.29, 0.717) is 5.75 Å². The van der Waals surface area contributed by atoms with Crippen LogP contribution in [-0.4, -0.2) is 66.0 Å². The number of thioether (sulfide) groups is 2. The fourth-order valence-electron chi connectivity index (χ4n) is 4.03. The predicted octanol–water partition coefficient (Wildman–Crippen LogP) is 3.86. The van der Waals surface area contributed by atoms with E-state index in [1.54, 1.807) is 12.4 Å². The second-order valence-electron chi connectivity index (χ2n) is 8.37. The lowest BCUT2D eigenvalue weighted by Crippen LogP contribution is -2.71. The molecule has 12 heteroatoms. The number of alkyl halides is 3. The zero-order valence-electron chi connectivity index (χ0n) is 18.5. The van der Waals surface area contributed by atoms with Gasteiger partial charge in [-0.3, -0.25) is 14.6 Å². The summed E-state index contributed by atoms with van der Waals surface area (Å²) in [6, 6.07) is 11.4. The van der Waals surface area contributed by atoms with Crippen molar-refractivity contribution >= 4 is 76.1 Å². The van der Waals surface area contributed by atoms with Crippen LogP contribution < -0.4 is 5.32 Å². The highest BCUT2D eigenvalue weighted by atomic mass is 35.6. The summed E-state index contributed by atoms with van der Waals surface area (Å²) in [4.78, 5) is 45.3. The Bertz CT molecular complexity index is 1090. The Balaban J connectivity index is 1.49. The van der Waals surface area contributed by atoms with Crippen molar-refractivity contribution in [1.82, 2.24) is 15.2 Å². The standard InChI is InChI=1S/C23H22Cl3N3O4S2/c1-22(13-34-15-7-9-27-10-8-15)18(21(32)33-12-23(24,25)26)29-19(31)17(20(29)35-22)28-16(30)11-14-5-3-2-4-6-14/h2-10,17-18,20H,11-13H2,1H3,(H,28,30)/t17?,18?,20-,22?/m1/s1. The van der Waals surface area contributed by atoms with E-state index in [-0.39, 0.29) is 18.2 Å². The number of pyridine rings is 1. The van der Waals surface area contributed by atoms with E-state index in [9.17, 15) is 14.4 Å². The molecule has 0 bridgehead atoms. The number of benzene rings is 1. The summed E-state index contributed by atoms with van der Waals surface area (Å²) in [6.45, 7) is 1.47. The third-order valence-electron chi connectivity index (χ3n) is 5.63. The first-order valence-corrected chi connectivity index (χ1v) is 13.7. The van der Waals surface area contributed by atoms with E-state index >= 15 is 0 Å². The van der Waals surface area contributed by atoms with Crippen molar-refractivity contribution in [2.24, 2.45) is 0 Å². The maximum Gasteiger partial charge on any atom is 0.330 e. The Hall–Kier alpha value is -1.65. The number of hydrogen-bond acceptors (Lipinski definition) is 7. The molecular formula is C23H22Cl3N3O4S2. The van der Waals surface area contributed by atoms with E-state index in [0.717, 1.165) is 10.5 Å². The number of β-lactam (4-membered cyclic amide) rings is 1. The third kappa shape index (κ3) is 6.20. The number of fused-ring (bicyclic) bond motifs is 1. The van der Waals surface area contributed by atoms with Crippen LogP contribution in [0.4, 0.5) is 0 Å². The van der Waals surface area contributed by atoms with Crippen molar-refractivity contribution < 1.29 is 19.1 Å². The van der Waals surface area contributed by atoms with Gasteiger partial charge in [-0.05, 0) is 24.6 Å². The summed E-state index contributed by atoms with van der Waals surface area (Å²) in [5, 5.41) is 2.42. The molecule has 35 heavy (non-hydrogen) atoms. The van der Waals surface area contributed by atoms with Gasteiger partial charge in [0.05, 0.1) is 11.2 Å². The molecule has 1 aromatic carbocycles. The summed E-state index contributed by atoms with van der Waals surface area (Å²) in [7, 11) is 0. The molecule has 3 heterocycles. The largest absolute Gasteiger partial charge is 0.460 e. The topological polar surface area (TPSA) is 88.6 Å². The van der Waals surface area contributed by atoms with Crippen LogP contribution in [0.3, 0.4) is 0 Å². The minimum Gasteiger partial charge on any atom is -0.460 e. The molecule has 2 amide bonds. The van der Waals surface area contributed by atoms with Crippen molar-refractivity contribution in [3.05, 3.63) is 60.4 Å². The Kier molecular flexibility index (Phi) is 8.12. The van der Waals surface area contributed by atoms with Gasteiger partial charge in [0.2, 0.25) is 15.6 Å². The summed E-state index contributed by atoms with van der Waals surface area (Å²) >= 11 is 20.3. The molecule has 2 fully saturated rings. The van der Waals surface area contributed by atoms with Gasteiger partial charge in [0.15, 0.2) is 0 Å². The first kappa shape index (κ1) is 26.4. The van der Waals surface area contributed by atoms with Gasteiger partial charge >= 0.3 is 5.97 Å². The maximum absolute atomic E-state index is 13.1. The van der Waals surface area contributed by atoms with E-state index in [2.05, 4.69) is 10.3 Å². The maximum atomic E-state index is 13.1. The number of halogens is 3. The fourth-order valence-corrected chi connectivity index (χ4v) is 7.12. The number of aromatic nitrogens is 1. The number of nitrogens with zero attached hydrogens (tertiary/aromatic N) is 2. The molecular weight excluding hydrogens is 553 g/mol. The number of nitrogens with one attached hydrogen (secondary N) is 1. The molecule has 0 spiro atoms. The number of hydrogen-bond donors (Lipinski definition) is 1. The second kappa shape index (κ2) is 10.8. The van der Waals surface area contributed by atoms with Crippen LogP contribution in [0, 0.1) is 0 Å². The number of amides is 2. The molecule has 2 aliphatic heterocycles. The molecule has 0 saturated carbocycles. The van der Waals surface area contributed by atoms with Gasteiger partial charge in [-0.15, -0.1) is 23.5 Å². The van der Waals surface area contributed by atoms with Crippen LogP contribution in [0.25, 0.3) is 0 Å². The summed E-state index contributed by atoms with van der Waals surface area (Å²) < 4.78 is 2.81. The molecule has 0 radical (unpaired) electrons. The van der Waals surface area contributed by atoms with Gasteiger partial charge < -0.3 is 15.0 Å². The summed E-state index contributed by atoms with van der Waals surface area (Å²) in [5.41, 5.74) is 0.847. The molecule has 186 valence electrons. The average Bonchev–Trinajstić information content (AvgIpc) is 3.10. The number of carbonyl (C=O) groups is 3. The monoisotopic (exact) mass is 573 g/mol. The van der Waals surface area contributed by atoms with Crippen LogP contribution in [0.5, 0.6) is 0 Å². The molecule has 1 N–H and O–H groups in total. The second-order valence-corrected chi connectivity index (χ2v) is 13.6. The molecule has 2 aromatic rings. The lowest BCUT2D eigenvalue weighted by Gasteiger charge is -2.44. The van der Waals surface area contributed by atoms with Crippen molar-refractivity contribution in [3.63, 3.8) is 0 Å². The number of rotatable bonds is 8. The highest BCUT2D eigenvalue weighted by Crippen LogP contribution is 2.53. The Morgan fingerprint density at radius 1 is 1.20 bits per heavy atom. The van der Waals surface area contributed by atoms with Gasteiger partial charge in [-0.2, -0.15) is 0 Å². The first-order valence-electron chi connectivity index (χ1n) is 10.7. The highest BCUT2D eigenvalue weighted by Gasteiger charge is 2.66. The summed E-state index contributed by atoms with van der Waals surface area (Å²) in [5.74, 6) is -0.742. The van der Waals surface area contributed by atoms with Gasteiger partial charge in [-0.25, -0.2) is 4.79 Å². The molecule has 2 aliphatic rings. The van der Waals surface area contributed by atoms with E-state index in [1.165, 1.54) is 28.4 Å². The van der Waals surface area contributed by atoms with Crippen LogP contribution in [0.2, 0.25) is 0 Å². The van der Waals surface area contributed by atoms with Gasteiger partial charge in [0.1, 0.15) is 24.1 Å². The third-order valence-corrected chi connectivity index (χ3v) is 9.13. The smallest absolute Gasteiger partial charge is 0.330 e. The number of carbonyl (C=O) groups excluding carboxylic acids is 3. The van der Waals surface area contributed by atoms with E-state index < -0.39 is 38.6 Å². The zero-order chi connectivity index (χ0) is 25.2. The molecule has 2 saturated heterocycles. The van der Waals surface area contributed by atoms with Crippen LogP contribution >= 0.6 is 58.3 Å². The van der Waals surface area contributed by atoms with Gasteiger partial charge in [-0.1, -0.05) is 65.1 Å². The van der Waals surface area contributed by atoms with Crippen LogP contribution in [-0.2, 0) is 25.5 Å². The molecule has 4 atom stereocenters. The van der Waals surface area contributed by atoms with Crippen molar-refractivity contribution in [1.29, 1.82) is 0 Å². The highest BCUT2D eigenvalue weighted by molar-refractivity contribution is 8.04. The minimum absolute atomic E-state index is 0.159. The normalized spacial score (nSPS) is 25.5. The molecule has 0 aliphatic carbocycles.